The summed E-state index contributed by atoms with van der Waals surface area (Å²) in [5.74, 6) is 2.20. The second-order valence-electron chi connectivity index (χ2n) is 8.34. The van der Waals surface area contributed by atoms with Crippen molar-refractivity contribution >= 4 is 23.1 Å². The summed E-state index contributed by atoms with van der Waals surface area (Å²) in [4.78, 5) is 7.08. The van der Waals surface area contributed by atoms with Crippen LogP contribution >= 0.6 is 0 Å². The predicted octanol–water partition coefficient (Wildman–Crippen LogP) is 4.99. The van der Waals surface area contributed by atoms with Crippen molar-refractivity contribution in [2.24, 2.45) is 5.92 Å². The molecule has 2 N–H and O–H groups in total. The summed E-state index contributed by atoms with van der Waals surface area (Å²) < 4.78 is 0. The van der Waals surface area contributed by atoms with E-state index in [4.69, 9.17) is 0 Å². The zero-order valence-corrected chi connectivity index (χ0v) is 16.9. The monoisotopic (exact) mass is 380 g/mol. The van der Waals surface area contributed by atoms with Crippen LogP contribution in [-0.4, -0.2) is 34.3 Å². The number of benzene rings is 1. The van der Waals surface area contributed by atoms with E-state index in [2.05, 4.69) is 61.9 Å². The zero-order chi connectivity index (χ0) is 19.2. The standard InChI is InChI=1S/C22H32N6/c1-17-12-14-28(15-13-17)20-10-8-19(9-11-20)25-22-26-21(16-23-27-22)24-18-6-4-2-3-5-7-18/h8-11,16-18H,2-7,12-15H2,1H3,(H2,24,25,26,27). The Bertz CT molecular complexity index is 731. The Hall–Kier alpha value is -2.37. The van der Waals surface area contributed by atoms with Gasteiger partial charge in [0, 0.05) is 30.5 Å². The zero-order valence-electron chi connectivity index (χ0n) is 16.9. The van der Waals surface area contributed by atoms with Gasteiger partial charge in [0.2, 0.25) is 5.95 Å². The maximum Gasteiger partial charge on any atom is 0.249 e. The van der Waals surface area contributed by atoms with E-state index in [-0.39, 0.29) is 0 Å². The minimum absolute atomic E-state index is 0.499. The first-order chi connectivity index (χ1) is 13.8. The molecule has 0 radical (unpaired) electrons. The summed E-state index contributed by atoms with van der Waals surface area (Å²) >= 11 is 0. The maximum atomic E-state index is 4.61. The van der Waals surface area contributed by atoms with Gasteiger partial charge in [0.1, 0.15) is 0 Å². The Labute approximate surface area is 168 Å². The summed E-state index contributed by atoms with van der Waals surface area (Å²) in [6.07, 6.45) is 12.0. The normalized spacial score (nSPS) is 19.2. The molecule has 0 bridgehead atoms. The van der Waals surface area contributed by atoms with Crippen LogP contribution < -0.4 is 15.5 Å². The summed E-state index contributed by atoms with van der Waals surface area (Å²) in [5.41, 5.74) is 2.28. The third-order valence-electron chi connectivity index (χ3n) is 6.04. The van der Waals surface area contributed by atoms with Gasteiger partial charge in [-0.25, -0.2) is 0 Å². The fourth-order valence-corrected chi connectivity index (χ4v) is 4.21. The molecule has 1 saturated carbocycles. The van der Waals surface area contributed by atoms with Crippen LogP contribution in [0.2, 0.25) is 0 Å². The molecule has 0 spiro atoms. The van der Waals surface area contributed by atoms with Gasteiger partial charge in [-0.2, -0.15) is 10.1 Å². The van der Waals surface area contributed by atoms with E-state index < -0.39 is 0 Å². The van der Waals surface area contributed by atoms with Gasteiger partial charge in [0.25, 0.3) is 0 Å². The molecule has 1 aromatic heterocycles. The van der Waals surface area contributed by atoms with Crippen molar-refractivity contribution in [1.82, 2.24) is 15.2 Å². The van der Waals surface area contributed by atoms with Crippen molar-refractivity contribution in [3.63, 3.8) is 0 Å². The average molecular weight is 381 g/mol. The largest absolute Gasteiger partial charge is 0.372 e. The van der Waals surface area contributed by atoms with Crippen LogP contribution in [0.25, 0.3) is 0 Å². The number of aromatic nitrogens is 3. The van der Waals surface area contributed by atoms with Crippen LogP contribution in [0, 0.1) is 5.92 Å². The Morgan fingerprint density at radius 2 is 1.64 bits per heavy atom. The van der Waals surface area contributed by atoms with Gasteiger partial charge in [-0.1, -0.05) is 32.6 Å². The Morgan fingerprint density at radius 3 is 2.36 bits per heavy atom. The Morgan fingerprint density at radius 1 is 0.929 bits per heavy atom. The SMILES string of the molecule is CC1CCN(c2ccc(Nc3nncc(NC4CCCCCC4)n3)cc2)CC1. The van der Waals surface area contributed by atoms with E-state index in [1.807, 2.05) is 0 Å². The third-order valence-corrected chi connectivity index (χ3v) is 6.04. The molecule has 1 aromatic carbocycles. The maximum absolute atomic E-state index is 4.61. The van der Waals surface area contributed by atoms with Gasteiger partial charge in [-0.3, -0.25) is 0 Å². The molecule has 2 heterocycles. The smallest absolute Gasteiger partial charge is 0.249 e. The van der Waals surface area contributed by atoms with Gasteiger partial charge in [0.15, 0.2) is 5.82 Å². The van der Waals surface area contributed by atoms with Gasteiger partial charge in [0.05, 0.1) is 6.20 Å². The minimum atomic E-state index is 0.499. The van der Waals surface area contributed by atoms with Gasteiger partial charge < -0.3 is 15.5 Å². The molecule has 6 heteroatoms. The lowest BCUT2D eigenvalue weighted by molar-refractivity contribution is 0.438. The number of hydrogen-bond donors (Lipinski definition) is 2. The lowest BCUT2D eigenvalue weighted by atomic mass is 9.99. The van der Waals surface area contributed by atoms with Crippen molar-refractivity contribution in [1.29, 1.82) is 0 Å². The highest BCUT2D eigenvalue weighted by molar-refractivity contribution is 5.59. The van der Waals surface area contributed by atoms with E-state index >= 15 is 0 Å². The molecule has 0 unspecified atom stereocenters. The number of hydrogen-bond acceptors (Lipinski definition) is 6. The van der Waals surface area contributed by atoms with E-state index in [1.54, 1.807) is 6.20 Å². The van der Waals surface area contributed by atoms with Crippen molar-refractivity contribution in [3.05, 3.63) is 30.5 Å². The molecule has 1 saturated heterocycles. The summed E-state index contributed by atoms with van der Waals surface area (Å²) in [6, 6.07) is 9.06. The summed E-state index contributed by atoms with van der Waals surface area (Å²) in [5, 5.41) is 15.1. The molecular formula is C22H32N6. The fraction of sp³-hybridized carbons (Fsp3) is 0.591. The summed E-state index contributed by atoms with van der Waals surface area (Å²) in [7, 11) is 0. The minimum Gasteiger partial charge on any atom is -0.372 e. The number of nitrogens with zero attached hydrogens (tertiary/aromatic N) is 4. The molecule has 1 aliphatic heterocycles. The first-order valence-electron chi connectivity index (χ1n) is 10.8. The second-order valence-corrected chi connectivity index (χ2v) is 8.34. The highest BCUT2D eigenvalue weighted by Crippen LogP contribution is 2.25. The molecule has 0 amide bonds. The lowest BCUT2D eigenvalue weighted by Crippen LogP contribution is -2.32. The van der Waals surface area contributed by atoms with Crippen LogP contribution in [0.4, 0.5) is 23.1 Å². The molecule has 1 aliphatic carbocycles. The van der Waals surface area contributed by atoms with Crippen molar-refractivity contribution in [3.8, 4) is 0 Å². The molecule has 28 heavy (non-hydrogen) atoms. The molecule has 2 aliphatic rings. The number of rotatable bonds is 5. The highest BCUT2D eigenvalue weighted by atomic mass is 15.3. The molecule has 2 aromatic rings. The molecule has 150 valence electrons. The predicted molar refractivity (Wildman–Crippen MR) is 115 cm³/mol. The van der Waals surface area contributed by atoms with Crippen LogP contribution in [0.3, 0.4) is 0 Å². The van der Waals surface area contributed by atoms with Crippen molar-refractivity contribution < 1.29 is 0 Å². The van der Waals surface area contributed by atoms with E-state index in [0.717, 1.165) is 30.5 Å². The highest BCUT2D eigenvalue weighted by Gasteiger charge is 2.16. The van der Waals surface area contributed by atoms with Gasteiger partial charge in [-0.15, -0.1) is 5.10 Å². The topological polar surface area (TPSA) is 66.0 Å². The van der Waals surface area contributed by atoms with Gasteiger partial charge >= 0.3 is 0 Å². The Kier molecular flexibility index (Phi) is 6.24. The summed E-state index contributed by atoms with van der Waals surface area (Å²) in [6.45, 7) is 4.64. The molecule has 0 atom stereocenters. The fourth-order valence-electron chi connectivity index (χ4n) is 4.21. The quantitative estimate of drug-likeness (QED) is 0.713. The van der Waals surface area contributed by atoms with Crippen molar-refractivity contribution in [2.75, 3.05) is 28.6 Å². The molecular weight excluding hydrogens is 348 g/mol. The van der Waals surface area contributed by atoms with Crippen LogP contribution in [0.1, 0.15) is 58.3 Å². The molecule has 2 fully saturated rings. The average Bonchev–Trinajstić information content (AvgIpc) is 2.98. The van der Waals surface area contributed by atoms with Crippen molar-refractivity contribution in [2.45, 2.75) is 64.3 Å². The number of nitrogens with one attached hydrogen (secondary N) is 2. The van der Waals surface area contributed by atoms with E-state index in [1.165, 1.54) is 57.1 Å². The van der Waals surface area contributed by atoms with E-state index in [9.17, 15) is 0 Å². The number of anilines is 4. The third kappa shape index (κ3) is 5.12. The van der Waals surface area contributed by atoms with Crippen LogP contribution in [0.15, 0.2) is 30.5 Å². The van der Waals surface area contributed by atoms with E-state index in [0.29, 0.717) is 12.0 Å². The Balaban J connectivity index is 1.36. The second kappa shape index (κ2) is 9.22. The van der Waals surface area contributed by atoms with Gasteiger partial charge in [-0.05, 0) is 55.9 Å². The first kappa shape index (κ1) is 19.0. The van der Waals surface area contributed by atoms with Crippen LogP contribution in [-0.2, 0) is 0 Å². The lowest BCUT2D eigenvalue weighted by Gasteiger charge is -2.32. The molecule has 4 rings (SSSR count). The first-order valence-corrected chi connectivity index (χ1v) is 10.8. The molecule has 6 nitrogen and oxygen atoms in total. The number of piperidine rings is 1. The van der Waals surface area contributed by atoms with Crippen LogP contribution in [0.5, 0.6) is 0 Å².